The number of rotatable bonds is 10. The molecule has 0 aliphatic carbocycles. The van der Waals surface area contributed by atoms with Crippen LogP contribution in [-0.4, -0.2) is 36.1 Å². The fourth-order valence-electron chi connectivity index (χ4n) is 3.35. The fraction of sp³-hybridized carbons (Fsp3) is 0.148. The normalized spacial score (nSPS) is 11.0. The number of thioether (sulfide) groups is 1. The molecule has 4 rings (SSSR count). The standard InChI is InChI=1S/C27H25N3O3S/c1-2-32-25-18-20(19-29-30-27(31)22-12-14-28-15-13-22)10-11-24(25)33-16-17-34-26-9-5-7-21-6-3-4-8-23(21)26/h3-15,18-19H,2,16-17H2,1H3,(H,30,31)/b29-19-. The van der Waals surface area contributed by atoms with Crippen molar-refractivity contribution in [1.29, 1.82) is 0 Å². The molecule has 1 N–H and O–H groups in total. The molecule has 34 heavy (non-hydrogen) atoms. The number of hydrogen-bond acceptors (Lipinski definition) is 6. The van der Waals surface area contributed by atoms with Crippen LogP contribution in [0.4, 0.5) is 0 Å². The van der Waals surface area contributed by atoms with Crippen molar-refractivity contribution in [1.82, 2.24) is 10.4 Å². The summed E-state index contributed by atoms with van der Waals surface area (Å²) in [5.41, 5.74) is 3.79. The van der Waals surface area contributed by atoms with Crippen LogP contribution in [0.2, 0.25) is 0 Å². The number of amides is 1. The summed E-state index contributed by atoms with van der Waals surface area (Å²) in [6.07, 6.45) is 4.69. The predicted octanol–water partition coefficient (Wildman–Crippen LogP) is 5.57. The van der Waals surface area contributed by atoms with E-state index in [1.165, 1.54) is 15.7 Å². The maximum Gasteiger partial charge on any atom is 0.271 e. The van der Waals surface area contributed by atoms with Gasteiger partial charge in [0, 0.05) is 28.6 Å². The third-order valence-electron chi connectivity index (χ3n) is 4.94. The van der Waals surface area contributed by atoms with E-state index in [0.717, 1.165) is 11.3 Å². The Bertz CT molecular complexity index is 1270. The van der Waals surface area contributed by atoms with E-state index in [-0.39, 0.29) is 5.91 Å². The SMILES string of the molecule is CCOc1cc(/C=N\NC(=O)c2ccncc2)ccc1OCCSc1cccc2ccccc12. The Balaban J connectivity index is 1.34. The molecule has 0 bridgehead atoms. The lowest BCUT2D eigenvalue weighted by molar-refractivity contribution is 0.0955. The maximum atomic E-state index is 12.1. The van der Waals surface area contributed by atoms with Gasteiger partial charge in [0.1, 0.15) is 0 Å². The second-order valence-corrected chi connectivity index (χ2v) is 8.39. The minimum atomic E-state index is -0.299. The number of hydrogen-bond donors (Lipinski definition) is 1. The van der Waals surface area contributed by atoms with Crippen LogP contribution in [0.1, 0.15) is 22.8 Å². The van der Waals surface area contributed by atoms with Crippen LogP contribution >= 0.6 is 11.8 Å². The molecule has 3 aromatic carbocycles. The Kier molecular flexibility index (Phi) is 8.13. The highest BCUT2D eigenvalue weighted by Crippen LogP contribution is 2.30. The van der Waals surface area contributed by atoms with Gasteiger partial charge in [-0.15, -0.1) is 11.8 Å². The van der Waals surface area contributed by atoms with E-state index in [1.807, 2.05) is 25.1 Å². The highest BCUT2D eigenvalue weighted by atomic mass is 32.2. The van der Waals surface area contributed by atoms with Crippen molar-refractivity contribution in [3.8, 4) is 11.5 Å². The smallest absolute Gasteiger partial charge is 0.271 e. The van der Waals surface area contributed by atoms with Crippen LogP contribution in [0, 0.1) is 0 Å². The molecule has 1 aromatic heterocycles. The van der Waals surface area contributed by atoms with Gasteiger partial charge in [-0.25, -0.2) is 5.43 Å². The molecule has 4 aromatic rings. The first-order valence-electron chi connectivity index (χ1n) is 11.0. The van der Waals surface area contributed by atoms with E-state index >= 15 is 0 Å². The third-order valence-corrected chi connectivity index (χ3v) is 5.98. The highest BCUT2D eigenvalue weighted by Gasteiger charge is 2.08. The summed E-state index contributed by atoms with van der Waals surface area (Å²) in [6.45, 7) is 2.99. The summed E-state index contributed by atoms with van der Waals surface area (Å²) >= 11 is 1.77. The van der Waals surface area contributed by atoms with Crippen LogP contribution in [0.5, 0.6) is 11.5 Å². The summed E-state index contributed by atoms with van der Waals surface area (Å²) in [4.78, 5) is 17.2. The lowest BCUT2D eigenvalue weighted by Crippen LogP contribution is -2.17. The van der Waals surface area contributed by atoms with Gasteiger partial charge in [0.15, 0.2) is 11.5 Å². The molecule has 0 aliphatic heterocycles. The van der Waals surface area contributed by atoms with Gasteiger partial charge in [-0.1, -0.05) is 36.4 Å². The molecule has 0 fully saturated rings. The average molecular weight is 472 g/mol. The molecule has 0 atom stereocenters. The molecule has 1 heterocycles. The lowest BCUT2D eigenvalue weighted by atomic mass is 10.1. The zero-order chi connectivity index (χ0) is 23.6. The number of nitrogens with one attached hydrogen (secondary N) is 1. The third kappa shape index (κ3) is 6.14. The Labute approximate surface area is 203 Å². The maximum absolute atomic E-state index is 12.1. The van der Waals surface area contributed by atoms with E-state index in [1.54, 1.807) is 42.5 Å². The van der Waals surface area contributed by atoms with Crippen LogP contribution in [0.25, 0.3) is 10.8 Å². The summed E-state index contributed by atoms with van der Waals surface area (Å²) < 4.78 is 11.8. The number of benzene rings is 3. The van der Waals surface area contributed by atoms with Gasteiger partial charge in [0.2, 0.25) is 0 Å². The van der Waals surface area contributed by atoms with Gasteiger partial charge in [0.05, 0.1) is 19.4 Å². The van der Waals surface area contributed by atoms with Crippen molar-refractivity contribution in [2.24, 2.45) is 5.10 Å². The molecule has 0 aliphatic rings. The summed E-state index contributed by atoms with van der Waals surface area (Å²) in [5.74, 6) is 1.83. The molecule has 0 spiro atoms. The topological polar surface area (TPSA) is 72.8 Å². The van der Waals surface area contributed by atoms with Crippen molar-refractivity contribution >= 4 is 34.7 Å². The van der Waals surface area contributed by atoms with E-state index < -0.39 is 0 Å². The first kappa shape index (κ1) is 23.3. The number of carbonyl (C=O) groups excluding carboxylic acids is 1. The van der Waals surface area contributed by atoms with E-state index in [4.69, 9.17) is 9.47 Å². The highest BCUT2D eigenvalue weighted by molar-refractivity contribution is 7.99. The molecule has 7 heteroatoms. The van der Waals surface area contributed by atoms with Gasteiger partial charge in [-0.3, -0.25) is 9.78 Å². The fourth-order valence-corrected chi connectivity index (χ4v) is 4.25. The van der Waals surface area contributed by atoms with Crippen molar-refractivity contribution < 1.29 is 14.3 Å². The van der Waals surface area contributed by atoms with Gasteiger partial charge in [0.25, 0.3) is 5.91 Å². The van der Waals surface area contributed by atoms with Gasteiger partial charge >= 0.3 is 0 Å². The Morgan fingerprint density at radius 1 is 1.00 bits per heavy atom. The van der Waals surface area contributed by atoms with E-state index in [0.29, 0.717) is 30.3 Å². The van der Waals surface area contributed by atoms with Crippen molar-refractivity contribution in [2.75, 3.05) is 19.0 Å². The number of fused-ring (bicyclic) bond motifs is 1. The Hall–Kier alpha value is -3.84. The van der Waals surface area contributed by atoms with Crippen molar-refractivity contribution in [3.05, 3.63) is 96.3 Å². The van der Waals surface area contributed by atoms with Crippen LogP contribution in [0.15, 0.2) is 95.2 Å². The van der Waals surface area contributed by atoms with E-state index in [2.05, 4.69) is 58.0 Å². The second kappa shape index (κ2) is 11.9. The lowest BCUT2D eigenvalue weighted by Gasteiger charge is -2.13. The molecular formula is C27H25N3O3S. The monoisotopic (exact) mass is 471 g/mol. The molecule has 1 amide bonds. The molecule has 0 radical (unpaired) electrons. The van der Waals surface area contributed by atoms with Crippen molar-refractivity contribution in [3.63, 3.8) is 0 Å². The first-order chi connectivity index (χ1) is 16.7. The Morgan fingerprint density at radius 3 is 2.68 bits per heavy atom. The first-order valence-corrected chi connectivity index (χ1v) is 12.0. The number of nitrogens with zero attached hydrogens (tertiary/aromatic N) is 2. The summed E-state index contributed by atoms with van der Waals surface area (Å²) in [7, 11) is 0. The number of aromatic nitrogens is 1. The number of ether oxygens (including phenoxy) is 2. The minimum absolute atomic E-state index is 0.299. The second-order valence-electron chi connectivity index (χ2n) is 7.25. The molecule has 0 saturated carbocycles. The minimum Gasteiger partial charge on any atom is -0.490 e. The summed E-state index contributed by atoms with van der Waals surface area (Å²) in [6, 6.07) is 23.6. The quantitative estimate of drug-likeness (QED) is 0.142. The van der Waals surface area contributed by atoms with Gasteiger partial charge in [-0.05, 0) is 59.7 Å². The zero-order valence-electron chi connectivity index (χ0n) is 18.8. The zero-order valence-corrected chi connectivity index (χ0v) is 19.6. The molecule has 6 nitrogen and oxygen atoms in total. The van der Waals surface area contributed by atoms with Crippen LogP contribution in [-0.2, 0) is 0 Å². The molecule has 0 saturated heterocycles. The molecule has 0 unspecified atom stereocenters. The van der Waals surface area contributed by atoms with Gasteiger partial charge in [-0.2, -0.15) is 5.10 Å². The average Bonchev–Trinajstić information content (AvgIpc) is 2.88. The van der Waals surface area contributed by atoms with Crippen LogP contribution < -0.4 is 14.9 Å². The van der Waals surface area contributed by atoms with E-state index in [9.17, 15) is 4.79 Å². The van der Waals surface area contributed by atoms with Gasteiger partial charge < -0.3 is 9.47 Å². The van der Waals surface area contributed by atoms with Crippen LogP contribution in [0.3, 0.4) is 0 Å². The predicted molar refractivity (Wildman–Crippen MR) is 137 cm³/mol. The summed E-state index contributed by atoms with van der Waals surface area (Å²) in [5, 5.41) is 6.53. The largest absolute Gasteiger partial charge is 0.490 e. The van der Waals surface area contributed by atoms with Crippen molar-refractivity contribution in [2.45, 2.75) is 11.8 Å². The number of carbonyl (C=O) groups is 1. The Morgan fingerprint density at radius 2 is 1.82 bits per heavy atom. The number of pyridine rings is 1. The molecule has 172 valence electrons. The number of hydrazone groups is 1. The molecular weight excluding hydrogens is 446 g/mol.